The van der Waals surface area contributed by atoms with E-state index in [2.05, 4.69) is 15.3 Å². The van der Waals surface area contributed by atoms with Gasteiger partial charge in [0, 0.05) is 30.9 Å². The van der Waals surface area contributed by atoms with E-state index in [0.29, 0.717) is 35.2 Å². The highest BCUT2D eigenvalue weighted by Gasteiger charge is 2.14. The second-order valence-corrected chi connectivity index (χ2v) is 8.16. The summed E-state index contributed by atoms with van der Waals surface area (Å²) in [7, 11) is 0. The predicted octanol–water partition coefficient (Wildman–Crippen LogP) is 3.40. The molecule has 0 spiro atoms. The number of nitrogens with zero attached hydrogens (tertiary/aromatic N) is 3. The van der Waals surface area contributed by atoms with Crippen molar-refractivity contribution in [1.29, 1.82) is 0 Å². The van der Waals surface area contributed by atoms with Crippen LogP contribution in [0, 0.1) is 6.92 Å². The molecular formula is C23H22N4O3S. The SMILES string of the molecule is Cc1nc2ccn(Cc3cccnc3)c(=O)c2cc1C(=O)NCCSCc1ccco1. The molecule has 0 saturated carbocycles. The molecule has 4 heterocycles. The minimum atomic E-state index is -0.229. The molecule has 4 aromatic heterocycles. The average Bonchev–Trinajstić information content (AvgIpc) is 3.29. The molecule has 1 amide bonds. The second-order valence-electron chi connectivity index (χ2n) is 7.05. The first-order valence-electron chi connectivity index (χ1n) is 9.90. The number of hydrogen-bond acceptors (Lipinski definition) is 6. The number of thioether (sulfide) groups is 1. The standard InChI is InChI=1S/C23H22N4O3S/c1-16-19(22(28)25-8-11-31-15-18-5-3-10-30-18)12-20-21(26-16)6-9-27(23(20)29)14-17-4-2-7-24-13-17/h2-7,9-10,12-13H,8,11,14-15H2,1H3,(H,25,28). The van der Waals surface area contributed by atoms with Crippen molar-refractivity contribution >= 4 is 28.6 Å². The molecule has 0 radical (unpaired) electrons. The summed E-state index contributed by atoms with van der Waals surface area (Å²) in [4.78, 5) is 34.3. The topological polar surface area (TPSA) is 90.0 Å². The Morgan fingerprint density at radius 3 is 2.94 bits per heavy atom. The number of rotatable bonds is 8. The van der Waals surface area contributed by atoms with E-state index in [9.17, 15) is 9.59 Å². The minimum absolute atomic E-state index is 0.183. The van der Waals surface area contributed by atoms with Gasteiger partial charge in [0.25, 0.3) is 11.5 Å². The first-order chi connectivity index (χ1) is 15.1. The van der Waals surface area contributed by atoms with Gasteiger partial charge in [-0.3, -0.25) is 19.6 Å². The molecule has 0 saturated heterocycles. The van der Waals surface area contributed by atoms with Gasteiger partial charge in [0.15, 0.2) is 0 Å². The highest BCUT2D eigenvalue weighted by Crippen LogP contribution is 2.15. The predicted molar refractivity (Wildman–Crippen MR) is 121 cm³/mol. The Balaban J connectivity index is 1.46. The van der Waals surface area contributed by atoms with E-state index in [1.54, 1.807) is 60.2 Å². The quantitative estimate of drug-likeness (QED) is 0.428. The van der Waals surface area contributed by atoms with Gasteiger partial charge in [-0.1, -0.05) is 6.07 Å². The number of aryl methyl sites for hydroxylation is 1. The third-order valence-electron chi connectivity index (χ3n) is 4.82. The van der Waals surface area contributed by atoms with Crippen molar-refractivity contribution in [3.05, 3.63) is 94.2 Å². The van der Waals surface area contributed by atoms with Crippen LogP contribution in [0.25, 0.3) is 10.9 Å². The Bertz CT molecular complexity index is 1240. The van der Waals surface area contributed by atoms with Gasteiger partial charge in [-0.15, -0.1) is 0 Å². The molecular weight excluding hydrogens is 412 g/mol. The highest BCUT2D eigenvalue weighted by atomic mass is 32.2. The molecule has 0 bridgehead atoms. The first kappa shape index (κ1) is 20.9. The van der Waals surface area contributed by atoms with Crippen LogP contribution in [0.2, 0.25) is 0 Å². The van der Waals surface area contributed by atoms with Crippen LogP contribution >= 0.6 is 11.8 Å². The summed E-state index contributed by atoms with van der Waals surface area (Å²) in [5, 5.41) is 3.34. The summed E-state index contributed by atoms with van der Waals surface area (Å²) in [6, 6.07) is 11.0. The number of amides is 1. The molecule has 0 unspecified atom stereocenters. The molecule has 4 aromatic rings. The van der Waals surface area contributed by atoms with Gasteiger partial charge >= 0.3 is 0 Å². The largest absolute Gasteiger partial charge is 0.468 e. The third kappa shape index (κ3) is 5.03. The Kier molecular flexibility index (Phi) is 6.47. The molecule has 31 heavy (non-hydrogen) atoms. The lowest BCUT2D eigenvalue weighted by molar-refractivity contribution is 0.0955. The van der Waals surface area contributed by atoms with Crippen LogP contribution in [0.5, 0.6) is 0 Å². The van der Waals surface area contributed by atoms with Crippen molar-refractivity contribution in [2.75, 3.05) is 12.3 Å². The van der Waals surface area contributed by atoms with E-state index >= 15 is 0 Å². The number of pyridine rings is 3. The van der Waals surface area contributed by atoms with Crippen molar-refractivity contribution in [3.63, 3.8) is 0 Å². The molecule has 7 nitrogen and oxygen atoms in total. The number of carbonyl (C=O) groups excluding carboxylic acids is 1. The van der Waals surface area contributed by atoms with Crippen molar-refractivity contribution < 1.29 is 9.21 Å². The Hall–Kier alpha value is -3.39. The molecule has 158 valence electrons. The van der Waals surface area contributed by atoms with Gasteiger partial charge in [0.05, 0.1) is 40.7 Å². The molecule has 0 aromatic carbocycles. The second kappa shape index (κ2) is 9.61. The van der Waals surface area contributed by atoms with Crippen LogP contribution in [0.1, 0.15) is 27.4 Å². The lowest BCUT2D eigenvalue weighted by Gasteiger charge is -2.10. The molecule has 0 aliphatic heterocycles. The minimum Gasteiger partial charge on any atom is -0.468 e. The molecule has 0 fully saturated rings. The maximum atomic E-state index is 13.0. The summed E-state index contributed by atoms with van der Waals surface area (Å²) in [6.45, 7) is 2.70. The van der Waals surface area contributed by atoms with Gasteiger partial charge in [-0.05, 0) is 42.8 Å². The molecule has 0 atom stereocenters. The lowest BCUT2D eigenvalue weighted by Crippen LogP contribution is -2.27. The van der Waals surface area contributed by atoms with Crippen molar-refractivity contribution in [3.8, 4) is 0 Å². The van der Waals surface area contributed by atoms with Crippen LogP contribution < -0.4 is 10.9 Å². The number of carbonyl (C=O) groups is 1. The summed E-state index contributed by atoms with van der Waals surface area (Å²) in [5.74, 6) is 2.20. The fourth-order valence-corrected chi connectivity index (χ4v) is 4.00. The zero-order valence-electron chi connectivity index (χ0n) is 17.1. The van der Waals surface area contributed by atoms with Gasteiger partial charge < -0.3 is 14.3 Å². The normalized spacial score (nSPS) is 11.0. The number of aromatic nitrogens is 3. The van der Waals surface area contributed by atoms with Crippen molar-refractivity contribution in [1.82, 2.24) is 19.9 Å². The molecule has 4 rings (SSSR count). The molecule has 1 N–H and O–H groups in total. The summed E-state index contributed by atoms with van der Waals surface area (Å²) in [5.41, 5.74) is 2.33. The molecule has 0 aliphatic carbocycles. The monoisotopic (exact) mass is 434 g/mol. The summed E-state index contributed by atoms with van der Waals surface area (Å²) in [6.07, 6.45) is 6.80. The van der Waals surface area contributed by atoms with E-state index in [1.807, 2.05) is 24.3 Å². The highest BCUT2D eigenvalue weighted by molar-refractivity contribution is 7.98. The van der Waals surface area contributed by atoms with Crippen molar-refractivity contribution in [2.24, 2.45) is 0 Å². The van der Waals surface area contributed by atoms with E-state index in [0.717, 1.165) is 22.8 Å². The van der Waals surface area contributed by atoms with Gasteiger partial charge in [-0.2, -0.15) is 11.8 Å². The van der Waals surface area contributed by atoms with E-state index < -0.39 is 0 Å². The maximum absolute atomic E-state index is 13.0. The fraction of sp³-hybridized carbons (Fsp3) is 0.217. The van der Waals surface area contributed by atoms with Crippen LogP contribution in [-0.4, -0.2) is 32.7 Å². The average molecular weight is 435 g/mol. The Morgan fingerprint density at radius 1 is 1.26 bits per heavy atom. The van der Waals surface area contributed by atoms with Crippen LogP contribution in [0.15, 0.2) is 70.5 Å². The van der Waals surface area contributed by atoms with Crippen LogP contribution in [0.3, 0.4) is 0 Å². The Morgan fingerprint density at radius 2 is 2.16 bits per heavy atom. The van der Waals surface area contributed by atoms with Gasteiger partial charge in [0.1, 0.15) is 5.76 Å². The van der Waals surface area contributed by atoms with E-state index in [1.165, 1.54) is 0 Å². The first-order valence-corrected chi connectivity index (χ1v) is 11.1. The zero-order valence-corrected chi connectivity index (χ0v) is 17.9. The zero-order chi connectivity index (χ0) is 21.6. The lowest BCUT2D eigenvalue weighted by atomic mass is 10.1. The smallest absolute Gasteiger partial charge is 0.260 e. The maximum Gasteiger partial charge on any atom is 0.260 e. The van der Waals surface area contributed by atoms with Crippen LogP contribution in [0.4, 0.5) is 0 Å². The third-order valence-corrected chi connectivity index (χ3v) is 5.80. The number of hydrogen-bond donors (Lipinski definition) is 1. The van der Waals surface area contributed by atoms with Gasteiger partial charge in [0.2, 0.25) is 0 Å². The van der Waals surface area contributed by atoms with E-state index in [-0.39, 0.29) is 11.5 Å². The van der Waals surface area contributed by atoms with E-state index in [4.69, 9.17) is 4.42 Å². The summed E-state index contributed by atoms with van der Waals surface area (Å²) < 4.78 is 6.89. The van der Waals surface area contributed by atoms with Crippen LogP contribution in [-0.2, 0) is 12.3 Å². The number of nitrogens with one attached hydrogen (secondary N) is 1. The summed E-state index contributed by atoms with van der Waals surface area (Å²) >= 11 is 1.68. The number of fused-ring (bicyclic) bond motifs is 1. The Labute approximate surface area is 183 Å². The molecule has 0 aliphatic rings. The fourth-order valence-electron chi connectivity index (χ4n) is 3.25. The van der Waals surface area contributed by atoms with Gasteiger partial charge in [-0.25, -0.2) is 0 Å². The van der Waals surface area contributed by atoms with Crippen molar-refractivity contribution in [2.45, 2.75) is 19.2 Å². The molecule has 8 heteroatoms. The number of furan rings is 1.